The highest BCUT2D eigenvalue weighted by atomic mass is 17.2. The molecular formula is C48H71NO12. The molecule has 0 aromatic heterocycles. The Kier molecular flexibility index (Phi) is 17.8. The minimum absolute atomic E-state index is 0.0214. The highest BCUT2D eigenvalue weighted by Crippen LogP contribution is 2.39. The molecule has 5 aliphatic rings. The molecule has 1 amide bonds. The number of rotatable bonds is 4. The highest BCUT2D eigenvalue weighted by Gasteiger charge is 2.53. The van der Waals surface area contributed by atoms with Crippen LogP contribution in [0.5, 0.6) is 0 Å². The first kappa shape index (κ1) is 48.7. The molecule has 0 radical (unpaired) electrons. The second-order valence-electron chi connectivity index (χ2n) is 18.7. The lowest BCUT2D eigenvalue weighted by molar-refractivity contribution is -0.473. The number of cyclic esters (lactones) is 1. The van der Waals surface area contributed by atoms with E-state index >= 15 is 0 Å². The molecule has 4 heterocycles. The van der Waals surface area contributed by atoms with Gasteiger partial charge in [-0.1, -0.05) is 69.7 Å². The SMILES string of the molecule is CO[C@H]1C(=O)[C@H](C)C[C@H](C)/C=C/C=C/C=C(\C)CC[C@@H]2CC[C@@H](C)[C@@](O)(O2)C(=O)C(=O)N2CCCC[C@H]2C(=O)O[C@H]([C@H](C)C[C@@H]2CC[C@H]3OO[C@@H]3C2)CC(=O)C/C=C(\C)[C@H]1O. The normalized spacial score (nSPS) is 40.5. The molecule has 13 atom stereocenters. The second-order valence-corrected chi connectivity index (χ2v) is 18.7. The van der Waals surface area contributed by atoms with Crippen LogP contribution >= 0.6 is 0 Å². The number of hydrogen-bond acceptors (Lipinski definition) is 12. The van der Waals surface area contributed by atoms with Crippen LogP contribution in [0.15, 0.2) is 47.6 Å². The number of hydrogen-bond donors (Lipinski definition) is 2. The lowest BCUT2D eigenvalue weighted by atomic mass is 9.78. The van der Waals surface area contributed by atoms with Crippen molar-refractivity contribution in [2.24, 2.45) is 29.6 Å². The van der Waals surface area contributed by atoms with Gasteiger partial charge < -0.3 is 29.3 Å². The Hall–Kier alpha value is -3.33. The van der Waals surface area contributed by atoms with Gasteiger partial charge in [-0.15, -0.1) is 0 Å². The number of piperidine rings is 1. The van der Waals surface area contributed by atoms with Crippen molar-refractivity contribution in [3.8, 4) is 0 Å². The molecule has 4 aliphatic heterocycles. The molecule has 0 aromatic rings. The number of ketones is 3. The van der Waals surface area contributed by atoms with E-state index in [0.29, 0.717) is 56.9 Å². The third kappa shape index (κ3) is 12.7. The van der Waals surface area contributed by atoms with Crippen molar-refractivity contribution >= 4 is 29.2 Å². The Bertz CT molecular complexity index is 1690. The van der Waals surface area contributed by atoms with E-state index in [9.17, 15) is 34.2 Å². The summed E-state index contributed by atoms with van der Waals surface area (Å²) < 4.78 is 17.8. The Morgan fingerprint density at radius 2 is 1.67 bits per heavy atom. The van der Waals surface area contributed by atoms with E-state index in [4.69, 9.17) is 24.0 Å². The molecule has 61 heavy (non-hydrogen) atoms. The van der Waals surface area contributed by atoms with Gasteiger partial charge in [0.15, 0.2) is 5.78 Å². The van der Waals surface area contributed by atoms with Crippen LogP contribution in [0.2, 0.25) is 0 Å². The van der Waals surface area contributed by atoms with Crippen LogP contribution < -0.4 is 0 Å². The van der Waals surface area contributed by atoms with Gasteiger partial charge in [0.25, 0.3) is 11.7 Å². The lowest BCUT2D eigenvalue weighted by Gasteiger charge is -2.43. The molecule has 0 unspecified atom stereocenters. The summed E-state index contributed by atoms with van der Waals surface area (Å²) in [7, 11) is 1.39. The van der Waals surface area contributed by atoms with Crippen molar-refractivity contribution in [3.63, 3.8) is 0 Å². The van der Waals surface area contributed by atoms with Crippen molar-refractivity contribution < 1.29 is 58.2 Å². The number of nitrogens with zero attached hydrogens (tertiary/aromatic N) is 1. The molecule has 1 saturated carbocycles. The maximum absolute atomic E-state index is 14.2. The summed E-state index contributed by atoms with van der Waals surface area (Å²) in [5.41, 5.74) is 1.48. The number of carbonyl (C=O) groups is 5. The van der Waals surface area contributed by atoms with Gasteiger partial charge in [-0.3, -0.25) is 19.2 Å². The molecule has 2 N–H and O–H groups in total. The second kappa shape index (κ2) is 22.3. The summed E-state index contributed by atoms with van der Waals surface area (Å²) in [5.74, 6) is -6.54. The van der Waals surface area contributed by atoms with E-state index in [1.54, 1.807) is 19.9 Å². The van der Waals surface area contributed by atoms with Gasteiger partial charge in [0, 0.05) is 38.3 Å². The molecule has 340 valence electrons. The average Bonchev–Trinajstić information content (AvgIpc) is 3.22. The van der Waals surface area contributed by atoms with Gasteiger partial charge in [0.2, 0.25) is 5.79 Å². The number of allylic oxidation sites excluding steroid dienone is 7. The molecule has 4 fully saturated rings. The zero-order valence-corrected chi connectivity index (χ0v) is 37.4. The third-order valence-electron chi connectivity index (χ3n) is 13.7. The topological polar surface area (TPSA) is 175 Å². The van der Waals surface area contributed by atoms with E-state index in [1.165, 1.54) is 12.0 Å². The summed E-state index contributed by atoms with van der Waals surface area (Å²) in [5, 5.41) is 23.1. The van der Waals surface area contributed by atoms with Crippen LogP contribution in [-0.4, -0.2) is 106 Å². The van der Waals surface area contributed by atoms with Gasteiger partial charge in [-0.05, 0) is 114 Å². The predicted molar refractivity (Wildman–Crippen MR) is 227 cm³/mol. The summed E-state index contributed by atoms with van der Waals surface area (Å²) in [4.78, 5) is 81.3. The highest BCUT2D eigenvalue weighted by molar-refractivity contribution is 6.39. The number of aliphatic hydroxyl groups is 2. The molecular weight excluding hydrogens is 783 g/mol. The van der Waals surface area contributed by atoms with E-state index in [2.05, 4.69) is 0 Å². The van der Waals surface area contributed by atoms with Gasteiger partial charge in [-0.25, -0.2) is 14.6 Å². The van der Waals surface area contributed by atoms with Crippen LogP contribution in [0.1, 0.15) is 131 Å². The van der Waals surface area contributed by atoms with Gasteiger partial charge in [0.05, 0.1) is 6.10 Å². The van der Waals surface area contributed by atoms with Crippen molar-refractivity contribution in [2.75, 3.05) is 13.7 Å². The largest absolute Gasteiger partial charge is 0.460 e. The number of ether oxygens (including phenoxy) is 3. The fourth-order valence-electron chi connectivity index (χ4n) is 9.59. The number of methoxy groups -OCH3 is 1. The molecule has 0 aromatic carbocycles. The zero-order valence-electron chi connectivity index (χ0n) is 37.4. The number of carbonyl (C=O) groups excluding carboxylic acids is 5. The summed E-state index contributed by atoms with van der Waals surface area (Å²) in [6.07, 6.45) is 15.1. The number of Topliss-reactive ketones (excluding diaryl/α,β-unsaturated/α-hetero) is 3. The van der Waals surface area contributed by atoms with Gasteiger partial charge in [0.1, 0.15) is 42.3 Å². The van der Waals surface area contributed by atoms with E-state index < -0.39 is 65.7 Å². The van der Waals surface area contributed by atoms with Crippen molar-refractivity contribution in [3.05, 3.63) is 47.6 Å². The van der Waals surface area contributed by atoms with Gasteiger partial charge >= 0.3 is 5.97 Å². The first-order valence-electron chi connectivity index (χ1n) is 22.7. The quantitative estimate of drug-likeness (QED) is 0.134. The molecule has 0 spiro atoms. The van der Waals surface area contributed by atoms with E-state index in [-0.39, 0.29) is 67.3 Å². The molecule has 1 aliphatic carbocycles. The minimum Gasteiger partial charge on any atom is -0.460 e. The van der Waals surface area contributed by atoms with Crippen LogP contribution in [0.25, 0.3) is 0 Å². The third-order valence-corrected chi connectivity index (χ3v) is 13.7. The molecule has 13 heteroatoms. The van der Waals surface area contributed by atoms with Crippen LogP contribution in [0.3, 0.4) is 0 Å². The van der Waals surface area contributed by atoms with Crippen molar-refractivity contribution in [1.82, 2.24) is 4.90 Å². The number of amides is 1. The molecule has 13 nitrogen and oxygen atoms in total. The van der Waals surface area contributed by atoms with E-state index in [1.807, 2.05) is 58.1 Å². The van der Waals surface area contributed by atoms with Crippen LogP contribution in [0, 0.1) is 29.6 Å². The molecule has 5 rings (SSSR count). The van der Waals surface area contributed by atoms with Crippen LogP contribution in [0.4, 0.5) is 0 Å². The Morgan fingerprint density at radius 1 is 0.918 bits per heavy atom. The Labute approximate surface area is 362 Å². The van der Waals surface area contributed by atoms with Crippen molar-refractivity contribution in [1.29, 1.82) is 0 Å². The Morgan fingerprint density at radius 3 is 2.38 bits per heavy atom. The maximum atomic E-state index is 14.2. The zero-order chi connectivity index (χ0) is 44.4. The summed E-state index contributed by atoms with van der Waals surface area (Å²) in [6.45, 7) is 11.3. The summed E-state index contributed by atoms with van der Waals surface area (Å²) >= 11 is 0. The first-order valence-corrected chi connectivity index (χ1v) is 22.7. The lowest BCUT2D eigenvalue weighted by Crippen LogP contribution is -2.60. The smallest absolute Gasteiger partial charge is 0.329 e. The molecule has 2 bridgehead atoms. The van der Waals surface area contributed by atoms with Crippen LogP contribution in [-0.2, 0) is 48.0 Å². The number of aliphatic hydroxyl groups excluding tert-OH is 1. The first-order chi connectivity index (χ1) is 29.0. The fourth-order valence-corrected chi connectivity index (χ4v) is 9.59. The standard InChI is InChI=1S/C48H71NO12/c1-29-13-9-8-10-14-30(2)25-33(5)43(52)44(57-7)42(51)31(3)17-20-36(50)28-40(32(4)26-35-19-23-39-41(27-35)61-60-39)58-47(55)38-15-11-12-24-49(38)46(54)45(53)48(56)34(6)18-22-37(59-48)21-16-29/h8-10,13-14,17,30,32-35,37-42,44,51,56H,11-12,15-16,18-28H2,1-7H3/b9-8+,14-10+,29-13+,31-17+/t30-,32-,33-,34-,35+,37-,38+,39-,40+,41-,42-,44-,48-/m1/s1. The van der Waals surface area contributed by atoms with Gasteiger partial charge in [-0.2, -0.15) is 0 Å². The fraction of sp³-hybridized carbons (Fsp3) is 0.729. The average molecular weight is 854 g/mol. The monoisotopic (exact) mass is 853 g/mol. The number of esters is 1. The molecule has 3 saturated heterocycles. The number of fused-ring (bicyclic) bond motifs is 4. The van der Waals surface area contributed by atoms with Crippen molar-refractivity contribution in [2.45, 2.75) is 180 Å². The van der Waals surface area contributed by atoms with E-state index in [0.717, 1.165) is 24.8 Å². The maximum Gasteiger partial charge on any atom is 0.329 e. The Balaban J connectivity index is 1.40. The summed E-state index contributed by atoms with van der Waals surface area (Å²) in [6, 6.07) is -1.08. The minimum atomic E-state index is -2.34. The predicted octanol–water partition coefficient (Wildman–Crippen LogP) is 6.63.